The molecule has 0 bridgehead atoms. The van der Waals surface area contributed by atoms with Crippen molar-refractivity contribution >= 4 is 17.5 Å². The quantitative estimate of drug-likeness (QED) is 0.819. The van der Waals surface area contributed by atoms with Crippen molar-refractivity contribution in [1.29, 1.82) is 0 Å². The number of carbonyl (C=O) groups excluding carboxylic acids is 1. The van der Waals surface area contributed by atoms with Gasteiger partial charge in [0.15, 0.2) is 0 Å². The molecule has 0 aliphatic heterocycles. The van der Waals surface area contributed by atoms with Crippen LogP contribution in [0.25, 0.3) is 0 Å². The van der Waals surface area contributed by atoms with Crippen molar-refractivity contribution in [3.63, 3.8) is 0 Å². The summed E-state index contributed by atoms with van der Waals surface area (Å²) in [6.45, 7) is 3.33. The Morgan fingerprint density at radius 2 is 2.04 bits per heavy atom. The number of hydrogen-bond acceptors (Lipinski definition) is 3. The molecule has 0 fully saturated rings. The third-order valence-electron chi connectivity index (χ3n) is 3.46. The topological polar surface area (TPSA) is 64.3 Å². The van der Waals surface area contributed by atoms with E-state index in [-0.39, 0.29) is 5.91 Å². The predicted molar refractivity (Wildman–Crippen MR) is 93.2 cm³/mol. The number of halogens is 1. The summed E-state index contributed by atoms with van der Waals surface area (Å²) in [4.78, 5) is 12.2. The fourth-order valence-corrected chi connectivity index (χ4v) is 2.41. The molecule has 0 heterocycles. The predicted octanol–water partition coefficient (Wildman–Crippen LogP) is 2.96. The molecule has 0 spiro atoms. The van der Waals surface area contributed by atoms with E-state index in [2.05, 4.69) is 5.32 Å². The van der Waals surface area contributed by atoms with Gasteiger partial charge in [-0.15, -0.1) is 0 Å². The van der Waals surface area contributed by atoms with Crippen LogP contribution in [0.3, 0.4) is 0 Å². The smallest absolute Gasteiger partial charge is 0.251 e. The Balaban J connectivity index is 1.94. The fraction of sp³-hybridized carbons (Fsp3) is 0.278. The average molecular weight is 333 g/mol. The number of ether oxygens (including phenoxy) is 1. The van der Waals surface area contributed by atoms with Crippen LogP contribution < -0.4 is 15.8 Å². The van der Waals surface area contributed by atoms with Crippen molar-refractivity contribution in [3.8, 4) is 5.75 Å². The summed E-state index contributed by atoms with van der Waals surface area (Å²) in [6, 6.07) is 13.0. The molecular formula is C18H21ClN2O2. The van der Waals surface area contributed by atoms with Gasteiger partial charge in [-0.05, 0) is 42.7 Å². The number of amides is 1. The van der Waals surface area contributed by atoms with Crippen LogP contribution in [0, 0.1) is 6.92 Å². The first-order valence-electron chi connectivity index (χ1n) is 7.57. The van der Waals surface area contributed by atoms with Gasteiger partial charge in [0.25, 0.3) is 5.91 Å². The minimum absolute atomic E-state index is 0.130. The van der Waals surface area contributed by atoms with Crippen molar-refractivity contribution in [2.24, 2.45) is 5.73 Å². The molecule has 5 heteroatoms. The van der Waals surface area contributed by atoms with Gasteiger partial charge >= 0.3 is 0 Å². The maximum Gasteiger partial charge on any atom is 0.251 e. The lowest BCUT2D eigenvalue weighted by Gasteiger charge is -2.11. The zero-order valence-electron chi connectivity index (χ0n) is 13.1. The number of benzene rings is 2. The van der Waals surface area contributed by atoms with Crippen LogP contribution >= 0.6 is 11.6 Å². The van der Waals surface area contributed by atoms with Crippen molar-refractivity contribution < 1.29 is 9.53 Å². The Bertz CT molecular complexity index is 674. The Morgan fingerprint density at radius 1 is 1.26 bits per heavy atom. The SMILES string of the molecule is Cc1ccc(C(=O)NCCc2ccccc2Cl)cc1OCCN. The molecule has 1 amide bonds. The second-order valence-corrected chi connectivity index (χ2v) is 5.62. The molecule has 122 valence electrons. The molecule has 0 aliphatic rings. The van der Waals surface area contributed by atoms with E-state index in [4.69, 9.17) is 22.1 Å². The van der Waals surface area contributed by atoms with Crippen LogP contribution in [0.5, 0.6) is 5.75 Å². The number of nitrogens with two attached hydrogens (primary N) is 1. The van der Waals surface area contributed by atoms with Crippen molar-refractivity contribution in [2.45, 2.75) is 13.3 Å². The molecule has 0 saturated carbocycles. The second kappa shape index (κ2) is 8.56. The van der Waals surface area contributed by atoms with E-state index >= 15 is 0 Å². The average Bonchev–Trinajstić information content (AvgIpc) is 2.55. The molecular weight excluding hydrogens is 312 g/mol. The molecule has 23 heavy (non-hydrogen) atoms. The number of rotatable bonds is 7. The first-order valence-corrected chi connectivity index (χ1v) is 7.94. The molecule has 0 atom stereocenters. The number of aryl methyl sites for hydroxylation is 1. The van der Waals surface area contributed by atoms with Gasteiger partial charge in [-0.2, -0.15) is 0 Å². The van der Waals surface area contributed by atoms with Gasteiger partial charge in [0, 0.05) is 23.7 Å². The van der Waals surface area contributed by atoms with Crippen LogP contribution in [0.2, 0.25) is 5.02 Å². The highest BCUT2D eigenvalue weighted by atomic mass is 35.5. The highest BCUT2D eigenvalue weighted by Gasteiger charge is 2.09. The maximum atomic E-state index is 12.2. The summed E-state index contributed by atoms with van der Waals surface area (Å²) >= 11 is 6.10. The lowest BCUT2D eigenvalue weighted by molar-refractivity contribution is 0.0953. The molecule has 0 aromatic heterocycles. The Hall–Kier alpha value is -2.04. The normalized spacial score (nSPS) is 10.4. The molecule has 0 saturated heterocycles. The van der Waals surface area contributed by atoms with Crippen LogP contribution in [0.1, 0.15) is 21.5 Å². The van der Waals surface area contributed by atoms with Gasteiger partial charge in [-0.1, -0.05) is 35.9 Å². The monoisotopic (exact) mass is 332 g/mol. The Morgan fingerprint density at radius 3 is 2.78 bits per heavy atom. The van der Waals surface area contributed by atoms with E-state index in [0.717, 1.165) is 16.1 Å². The van der Waals surface area contributed by atoms with E-state index in [1.807, 2.05) is 37.3 Å². The van der Waals surface area contributed by atoms with Crippen molar-refractivity contribution in [2.75, 3.05) is 19.7 Å². The third-order valence-corrected chi connectivity index (χ3v) is 3.83. The molecule has 0 aliphatic carbocycles. The number of carbonyl (C=O) groups is 1. The first-order chi connectivity index (χ1) is 11.1. The van der Waals surface area contributed by atoms with E-state index in [1.165, 1.54) is 0 Å². The highest BCUT2D eigenvalue weighted by Crippen LogP contribution is 2.19. The van der Waals surface area contributed by atoms with Crippen LogP contribution in [-0.4, -0.2) is 25.6 Å². The second-order valence-electron chi connectivity index (χ2n) is 5.21. The molecule has 2 rings (SSSR count). The summed E-state index contributed by atoms with van der Waals surface area (Å²) in [6.07, 6.45) is 0.688. The maximum absolute atomic E-state index is 12.2. The minimum atomic E-state index is -0.130. The minimum Gasteiger partial charge on any atom is -0.492 e. The van der Waals surface area contributed by atoms with Crippen molar-refractivity contribution in [1.82, 2.24) is 5.32 Å². The number of hydrogen-bond donors (Lipinski definition) is 2. The summed E-state index contributed by atoms with van der Waals surface area (Å²) < 4.78 is 5.54. The van der Waals surface area contributed by atoms with Gasteiger partial charge in [0.2, 0.25) is 0 Å². The Labute approximate surface area is 141 Å². The Kier molecular flexibility index (Phi) is 6.44. The number of nitrogens with one attached hydrogen (secondary N) is 1. The van der Waals surface area contributed by atoms with E-state index in [9.17, 15) is 4.79 Å². The van der Waals surface area contributed by atoms with E-state index in [0.29, 0.717) is 37.4 Å². The molecule has 3 N–H and O–H groups in total. The van der Waals surface area contributed by atoms with Crippen LogP contribution in [0.4, 0.5) is 0 Å². The zero-order valence-corrected chi connectivity index (χ0v) is 13.9. The largest absolute Gasteiger partial charge is 0.492 e. The lowest BCUT2D eigenvalue weighted by Crippen LogP contribution is -2.25. The third kappa shape index (κ3) is 4.98. The molecule has 2 aromatic carbocycles. The molecule has 4 nitrogen and oxygen atoms in total. The van der Waals surface area contributed by atoms with E-state index in [1.54, 1.807) is 12.1 Å². The van der Waals surface area contributed by atoms with Crippen LogP contribution in [0.15, 0.2) is 42.5 Å². The fourth-order valence-electron chi connectivity index (χ4n) is 2.18. The van der Waals surface area contributed by atoms with Gasteiger partial charge < -0.3 is 15.8 Å². The zero-order chi connectivity index (χ0) is 16.7. The lowest BCUT2D eigenvalue weighted by atomic mass is 10.1. The molecule has 2 aromatic rings. The summed E-state index contributed by atoms with van der Waals surface area (Å²) in [5, 5.41) is 3.62. The molecule has 0 radical (unpaired) electrons. The summed E-state index contributed by atoms with van der Waals surface area (Å²) in [7, 11) is 0. The van der Waals surface area contributed by atoms with Crippen LogP contribution in [-0.2, 0) is 6.42 Å². The van der Waals surface area contributed by atoms with Gasteiger partial charge in [-0.25, -0.2) is 0 Å². The molecule has 0 unspecified atom stereocenters. The first kappa shape index (κ1) is 17.3. The van der Waals surface area contributed by atoms with Crippen molar-refractivity contribution in [3.05, 3.63) is 64.2 Å². The summed E-state index contributed by atoms with van der Waals surface area (Å²) in [5.41, 5.74) is 8.01. The van der Waals surface area contributed by atoms with Gasteiger partial charge in [-0.3, -0.25) is 4.79 Å². The standard InChI is InChI=1S/C18H21ClN2O2/c1-13-6-7-15(12-17(13)23-11-9-20)18(22)21-10-8-14-4-2-3-5-16(14)19/h2-7,12H,8-11,20H2,1H3,(H,21,22). The summed E-state index contributed by atoms with van der Waals surface area (Å²) in [5.74, 6) is 0.559. The van der Waals surface area contributed by atoms with Gasteiger partial charge in [0.1, 0.15) is 12.4 Å². The highest BCUT2D eigenvalue weighted by molar-refractivity contribution is 6.31. The van der Waals surface area contributed by atoms with Gasteiger partial charge in [0.05, 0.1) is 0 Å². The van der Waals surface area contributed by atoms with E-state index < -0.39 is 0 Å².